The maximum Gasteiger partial charge on any atom is 0.224 e. The first-order valence-electron chi connectivity index (χ1n) is 7.65. The van der Waals surface area contributed by atoms with E-state index in [1.807, 2.05) is 55.5 Å². The fraction of sp³-hybridized carbons (Fsp3) is 0.158. The van der Waals surface area contributed by atoms with E-state index in [4.69, 9.17) is 16.3 Å². The highest BCUT2D eigenvalue weighted by molar-refractivity contribution is 6.30. The van der Waals surface area contributed by atoms with Crippen LogP contribution in [0.1, 0.15) is 13.3 Å². The molecule has 0 atom stereocenters. The van der Waals surface area contributed by atoms with Gasteiger partial charge in [-0.3, -0.25) is 4.79 Å². The van der Waals surface area contributed by atoms with Crippen LogP contribution < -0.4 is 10.1 Å². The quantitative estimate of drug-likeness (QED) is 0.734. The minimum absolute atomic E-state index is 0.0286. The Kier molecular flexibility index (Phi) is 4.67. The number of nitrogens with one attached hydrogen (secondary N) is 1. The zero-order valence-corrected chi connectivity index (χ0v) is 14.2. The summed E-state index contributed by atoms with van der Waals surface area (Å²) in [5, 5.41) is 4.38. The van der Waals surface area contributed by atoms with Crippen molar-refractivity contribution in [1.29, 1.82) is 0 Å². The molecule has 0 fully saturated rings. The summed E-state index contributed by atoms with van der Waals surface area (Å²) in [5.41, 5.74) is 3.30. The third-order valence-corrected chi connectivity index (χ3v) is 3.99. The van der Waals surface area contributed by atoms with Crippen LogP contribution in [0.4, 0.5) is 5.69 Å². The molecular weight excluding hydrogens is 324 g/mol. The normalized spacial score (nSPS) is 10.6. The summed E-state index contributed by atoms with van der Waals surface area (Å²) >= 11 is 5.94. The Balaban J connectivity index is 2.08. The Morgan fingerprint density at radius 2 is 1.92 bits per heavy atom. The number of ether oxygens (including phenoxy) is 1. The van der Waals surface area contributed by atoms with E-state index in [0.717, 1.165) is 27.8 Å². The van der Waals surface area contributed by atoms with Crippen LogP contribution in [0.3, 0.4) is 0 Å². The third-order valence-electron chi connectivity index (χ3n) is 3.74. The van der Waals surface area contributed by atoms with Crippen LogP contribution in [0, 0.1) is 0 Å². The number of aromatic nitrogens is 1. The number of fused-ring (bicyclic) bond motifs is 1. The number of methoxy groups -OCH3 is 1. The van der Waals surface area contributed by atoms with Gasteiger partial charge in [-0.2, -0.15) is 0 Å². The summed E-state index contributed by atoms with van der Waals surface area (Å²) < 4.78 is 5.52. The molecule has 1 N–H and O–H groups in total. The third kappa shape index (κ3) is 3.34. The minimum atomic E-state index is -0.0286. The molecule has 5 heteroatoms. The molecule has 0 aliphatic carbocycles. The Labute approximate surface area is 145 Å². The van der Waals surface area contributed by atoms with Crippen LogP contribution in [0.15, 0.2) is 48.5 Å². The topological polar surface area (TPSA) is 51.2 Å². The Morgan fingerprint density at radius 3 is 2.58 bits per heavy atom. The summed E-state index contributed by atoms with van der Waals surface area (Å²) in [7, 11) is 1.62. The van der Waals surface area contributed by atoms with Crippen LogP contribution in [0.2, 0.25) is 5.02 Å². The molecule has 0 unspecified atom stereocenters. The maximum absolute atomic E-state index is 11.6. The molecule has 122 valence electrons. The fourth-order valence-electron chi connectivity index (χ4n) is 2.46. The van der Waals surface area contributed by atoms with E-state index >= 15 is 0 Å². The van der Waals surface area contributed by atoms with E-state index in [2.05, 4.69) is 10.3 Å². The van der Waals surface area contributed by atoms with Gasteiger partial charge >= 0.3 is 0 Å². The average molecular weight is 341 g/mol. The largest absolute Gasteiger partial charge is 0.496 e. The van der Waals surface area contributed by atoms with Gasteiger partial charge in [0.15, 0.2) is 0 Å². The van der Waals surface area contributed by atoms with Crippen molar-refractivity contribution >= 4 is 34.1 Å². The second kappa shape index (κ2) is 6.89. The number of anilines is 1. The zero-order valence-electron chi connectivity index (χ0n) is 13.5. The molecule has 1 amide bonds. The molecule has 0 saturated carbocycles. The predicted octanol–water partition coefficient (Wildman–Crippen LogP) is 4.91. The Hall–Kier alpha value is -2.59. The van der Waals surface area contributed by atoms with Crippen LogP contribution >= 0.6 is 11.6 Å². The van der Waals surface area contributed by atoms with Gasteiger partial charge in [-0.15, -0.1) is 0 Å². The van der Waals surface area contributed by atoms with Crippen molar-refractivity contribution in [2.45, 2.75) is 13.3 Å². The molecule has 0 radical (unpaired) electrons. The highest BCUT2D eigenvalue weighted by Gasteiger charge is 2.10. The molecule has 0 aliphatic rings. The van der Waals surface area contributed by atoms with Gasteiger partial charge in [0.05, 0.1) is 18.3 Å². The molecular formula is C19H17ClN2O2. The smallest absolute Gasteiger partial charge is 0.224 e. The van der Waals surface area contributed by atoms with Gasteiger partial charge in [-0.05, 0) is 30.3 Å². The second-order valence-electron chi connectivity index (χ2n) is 5.35. The van der Waals surface area contributed by atoms with E-state index in [-0.39, 0.29) is 5.91 Å². The van der Waals surface area contributed by atoms with Crippen LogP contribution in [0.5, 0.6) is 5.75 Å². The molecule has 1 heterocycles. The minimum Gasteiger partial charge on any atom is -0.496 e. The molecule has 0 aliphatic heterocycles. The van der Waals surface area contributed by atoms with Crippen molar-refractivity contribution in [3.63, 3.8) is 0 Å². The van der Waals surface area contributed by atoms with Gasteiger partial charge in [0.1, 0.15) is 5.75 Å². The van der Waals surface area contributed by atoms with Gasteiger partial charge < -0.3 is 10.1 Å². The van der Waals surface area contributed by atoms with Crippen molar-refractivity contribution in [2.24, 2.45) is 0 Å². The number of hydrogen-bond donors (Lipinski definition) is 1. The average Bonchev–Trinajstić information content (AvgIpc) is 2.61. The van der Waals surface area contributed by atoms with Crippen molar-refractivity contribution in [2.75, 3.05) is 12.4 Å². The number of amides is 1. The van der Waals surface area contributed by atoms with Crippen LogP contribution in [-0.2, 0) is 4.79 Å². The molecule has 0 spiro atoms. The molecule has 3 rings (SSSR count). The standard InChI is InChI=1S/C19H17ClN2O2/c1-3-19(23)21-14-8-9-16-15(10-14)18(24-2)11-17(22-16)12-4-6-13(20)7-5-12/h4-11H,3H2,1-2H3,(H,21,23). The number of halogens is 1. The first kappa shape index (κ1) is 16.3. The number of carbonyl (C=O) groups excluding carboxylic acids is 1. The lowest BCUT2D eigenvalue weighted by Gasteiger charge is -2.11. The van der Waals surface area contributed by atoms with Crippen molar-refractivity contribution < 1.29 is 9.53 Å². The maximum atomic E-state index is 11.6. The number of nitrogens with zero attached hydrogens (tertiary/aromatic N) is 1. The number of pyridine rings is 1. The monoisotopic (exact) mass is 340 g/mol. The summed E-state index contributed by atoms with van der Waals surface area (Å²) in [6.45, 7) is 1.82. The summed E-state index contributed by atoms with van der Waals surface area (Å²) in [6.07, 6.45) is 0.433. The Morgan fingerprint density at radius 1 is 1.17 bits per heavy atom. The lowest BCUT2D eigenvalue weighted by molar-refractivity contribution is -0.115. The SMILES string of the molecule is CCC(=O)Nc1ccc2nc(-c3ccc(Cl)cc3)cc(OC)c2c1. The second-order valence-corrected chi connectivity index (χ2v) is 5.79. The predicted molar refractivity (Wildman–Crippen MR) is 97.7 cm³/mol. The number of rotatable bonds is 4. The number of hydrogen-bond acceptors (Lipinski definition) is 3. The van der Waals surface area contributed by atoms with E-state index in [0.29, 0.717) is 17.2 Å². The number of carbonyl (C=O) groups is 1. The van der Waals surface area contributed by atoms with E-state index in [1.165, 1.54) is 0 Å². The molecule has 24 heavy (non-hydrogen) atoms. The molecule has 4 nitrogen and oxygen atoms in total. The molecule has 0 bridgehead atoms. The van der Waals surface area contributed by atoms with Crippen LogP contribution in [-0.4, -0.2) is 18.0 Å². The van der Waals surface area contributed by atoms with E-state index < -0.39 is 0 Å². The van der Waals surface area contributed by atoms with Gasteiger partial charge in [-0.1, -0.05) is 30.7 Å². The van der Waals surface area contributed by atoms with Crippen molar-refractivity contribution in [3.05, 3.63) is 53.6 Å². The first-order chi connectivity index (χ1) is 11.6. The van der Waals surface area contributed by atoms with Gasteiger partial charge in [0.25, 0.3) is 0 Å². The number of benzene rings is 2. The highest BCUT2D eigenvalue weighted by Crippen LogP contribution is 2.32. The lowest BCUT2D eigenvalue weighted by Crippen LogP contribution is -2.09. The highest BCUT2D eigenvalue weighted by atomic mass is 35.5. The van der Waals surface area contributed by atoms with E-state index in [9.17, 15) is 4.79 Å². The molecule has 3 aromatic rings. The fourth-order valence-corrected chi connectivity index (χ4v) is 2.59. The van der Waals surface area contributed by atoms with Gasteiger partial charge in [0.2, 0.25) is 5.91 Å². The molecule has 1 aromatic heterocycles. The summed E-state index contributed by atoms with van der Waals surface area (Å²) in [5.74, 6) is 0.677. The molecule has 0 saturated heterocycles. The Bertz CT molecular complexity index is 892. The summed E-state index contributed by atoms with van der Waals surface area (Å²) in [4.78, 5) is 16.3. The zero-order chi connectivity index (χ0) is 17.1. The molecule has 2 aromatic carbocycles. The van der Waals surface area contributed by atoms with Crippen molar-refractivity contribution in [1.82, 2.24) is 4.98 Å². The summed E-state index contributed by atoms with van der Waals surface area (Å²) in [6, 6.07) is 15.0. The van der Waals surface area contributed by atoms with Crippen molar-refractivity contribution in [3.8, 4) is 17.0 Å². The van der Waals surface area contributed by atoms with Gasteiger partial charge in [-0.25, -0.2) is 4.98 Å². The van der Waals surface area contributed by atoms with E-state index in [1.54, 1.807) is 7.11 Å². The first-order valence-corrected chi connectivity index (χ1v) is 8.03. The van der Waals surface area contributed by atoms with Crippen LogP contribution in [0.25, 0.3) is 22.2 Å². The van der Waals surface area contributed by atoms with Gasteiger partial charge in [0, 0.05) is 34.1 Å². The lowest BCUT2D eigenvalue weighted by atomic mass is 10.1.